The summed E-state index contributed by atoms with van der Waals surface area (Å²) < 4.78 is 0. The molecule has 2 N–H and O–H groups in total. The predicted molar refractivity (Wildman–Crippen MR) is 94.7 cm³/mol. The molecule has 0 saturated heterocycles. The largest absolute Gasteiger partial charge is 0.327 e. The molecule has 0 amide bonds. The Hall–Kier alpha value is -1.60. The summed E-state index contributed by atoms with van der Waals surface area (Å²) in [7, 11) is 0. The smallest absolute Gasteiger partial charge is 0.0115 e. The van der Waals surface area contributed by atoms with Crippen molar-refractivity contribution in [1.82, 2.24) is 0 Å². The molecule has 22 heavy (non-hydrogen) atoms. The summed E-state index contributed by atoms with van der Waals surface area (Å²) in [5, 5.41) is 0. The number of benzene rings is 2. The monoisotopic (exact) mass is 293 g/mol. The van der Waals surface area contributed by atoms with Gasteiger partial charge < -0.3 is 5.73 Å². The molecule has 0 heterocycles. The highest BCUT2D eigenvalue weighted by molar-refractivity contribution is 5.51. The van der Waals surface area contributed by atoms with Gasteiger partial charge >= 0.3 is 0 Å². The molecular weight excluding hydrogens is 266 g/mol. The van der Waals surface area contributed by atoms with Crippen LogP contribution in [-0.4, -0.2) is 6.04 Å². The molecule has 2 atom stereocenters. The summed E-state index contributed by atoms with van der Waals surface area (Å²) in [6, 6.07) is 9.49. The van der Waals surface area contributed by atoms with Crippen LogP contribution in [0.2, 0.25) is 0 Å². The normalized spacial score (nSPS) is 20.3. The maximum atomic E-state index is 5.95. The molecule has 1 nitrogen and oxygen atoms in total. The Morgan fingerprint density at radius 3 is 1.73 bits per heavy atom. The van der Waals surface area contributed by atoms with Gasteiger partial charge in [-0.05, 0) is 92.0 Å². The third-order valence-corrected chi connectivity index (χ3v) is 5.78. The van der Waals surface area contributed by atoms with Crippen molar-refractivity contribution in [2.75, 3.05) is 0 Å². The lowest BCUT2D eigenvalue weighted by atomic mass is 9.86. The number of nitrogens with two attached hydrogens (primary N) is 1. The van der Waals surface area contributed by atoms with Crippen LogP contribution in [0.25, 0.3) is 0 Å². The van der Waals surface area contributed by atoms with Gasteiger partial charge in [-0.25, -0.2) is 0 Å². The van der Waals surface area contributed by atoms with Crippen LogP contribution in [0.3, 0.4) is 0 Å². The first kappa shape index (κ1) is 15.3. The molecule has 2 aromatic carbocycles. The molecule has 0 aliphatic heterocycles. The molecule has 3 rings (SSSR count). The lowest BCUT2D eigenvalue weighted by Crippen LogP contribution is -2.04. The van der Waals surface area contributed by atoms with Crippen molar-refractivity contribution in [3.63, 3.8) is 0 Å². The summed E-state index contributed by atoms with van der Waals surface area (Å²) in [6.07, 6.45) is 2.17. The van der Waals surface area contributed by atoms with E-state index in [2.05, 4.69) is 58.9 Å². The van der Waals surface area contributed by atoms with Crippen LogP contribution >= 0.6 is 0 Å². The molecule has 0 bridgehead atoms. The number of hydrogen-bond acceptors (Lipinski definition) is 1. The fourth-order valence-electron chi connectivity index (χ4n) is 3.53. The highest BCUT2D eigenvalue weighted by Crippen LogP contribution is 2.39. The molecule has 2 unspecified atom stereocenters. The Morgan fingerprint density at radius 1 is 0.818 bits per heavy atom. The molecule has 0 spiro atoms. The van der Waals surface area contributed by atoms with Crippen molar-refractivity contribution in [2.24, 2.45) is 5.73 Å². The molecule has 1 aliphatic carbocycles. The average Bonchev–Trinajstić information content (AvgIpc) is 3.25. The van der Waals surface area contributed by atoms with Gasteiger partial charge in [-0.1, -0.05) is 24.3 Å². The highest BCUT2D eigenvalue weighted by atomic mass is 14.7. The zero-order valence-electron chi connectivity index (χ0n) is 14.5. The topological polar surface area (TPSA) is 26.0 Å². The van der Waals surface area contributed by atoms with Gasteiger partial charge in [0, 0.05) is 12.0 Å². The van der Waals surface area contributed by atoms with Crippen LogP contribution in [0.1, 0.15) is 56.8 Å². The Balaban J connectivity index is 1.90. The maximum Gasteiger partial charge on any atom is 0.0115 e. The average molecular weight is 293 g/mol. The first-order valence-corrected chi connectivity index (χ1v) is 8.30. The molecule has 1 heteroatoms. The van der Waals surface area contributed by atoms with Crippen molar-refractivity contribution in [3.8, 4) is 0 Å². The fraction of sp³-hybridized carbons (Fsp3) is 0.429. The van der Waals surface area contributed by atoms with Gasteiger partial charge in [0.15, 0.2) is 0 Å². The van der Waals surface area contributed by atoms with Gasteiger partial charge in [-0.15, -0.1) is 0 Å². The lowest BCUT2D eigenvalue weighted by Gasteiger charge is -2.19. The molecule has 2 aromatic rings. The zero-order valence-corrected chi connectivity index (χ0v) is 14.5. The van der Waals surface area contributed by atoms with Crippen LogP contribution in [0.4, 0.5) is 0 Å². The highest BCUT2D eigenvalue weighted by Gasteiger charge is 2.34. The van der Waals surface area contributed by atoms with Gasteiger partial charge in [0.2, 0.25) is 0 Å². The van der Waals surface area contributed by atoms with Crippen molar-refractivity contribution in [2.45, 2.75) is 59.4 Å². The Morgan fingerprint density at radius 2 is 1.27 bits per heavy atom. The summed E-state index contributed by atoms with van der Waals surface area (Å²) in [4.78, 5) is 0. The quantitative estimate of drug-likeness (QED) is 0.877. The third kappa shape index (κ3) is 2.59. The van der Waals surface area contributed by atoms with E-state index in [1.807, 2.05) is 0 Å². The van der Waals surface area contributed by atoms with Crippen LogP contribution < -0.4 is 5.73 Å². The first-order chi connectivity index (χ1) is 10.4. The molecule has 116 valence electrons. The van der Waals surface area contributed by atoms with Crippen molar-refractivity contribution >= 4 is 0 Å². The van der Waals surface area contributed by atoms with Crippen LogP contribution in [-0.2, 0) is 6.42 Å². The summed E-state index contributed by atoms with van der Waals surface area (Å²) >= 11 is 0. The van der Waals surface area contributed by atoms with E-state index in [1.165, 1.54) is 44.5 Å². The maximum absolute atomic E-state index is 5.95. The van der Waals surface area contributed by atoms with Gasteiger partial charge in [0.1, 0.15) is 0 Å². The van der Waals surface area contributed by atoms with Gasteiger partial charge in [0.05, 0.1) is 0 Å². The number of hydrogen-bond donors (Lipinski definition) is 1. The van der Waals surface area contributed by atoms with Crippen molar-refractivity contribution < 1.29 is 0 Å². The van der Waals surface area contributed by atoms with Gasteiger partial charge in [0.25, 0.3) is 0 Å². The minimum Gasteiger partial charge on any atom is -0.327 e. The Labute approximate surface area is 134 Å². The third-order valence-electron chi connectivity index (χ3n) is 5.78. The van der Waals surface area contributed by atoms with Crippen LogP contribution in [0.15, 0.2) is 24.3 Å². The van der Waals surface area contributed by atoms with E-state index in [-0.39, 0.29) is 0 Å². The van der Waals surface area contributed by atoms with E-state index in [4.69, 9.17) is 5.73 Å². The standard InChI is InChI=1S/C21H27N/c1-12-13(2)15(4)19(16(5)14(12)3)10-17-6-8-18(9-7-17)20-11-21(20)22/h6-9,20-21H,10-11,22H2,1-5H3. The van der Waals surface area contributed by atoms with Crippen LogP contribution in [0, 0.1) is 34.6 Å². The molecule has 1 fully saturated rings. The van der Waals surface area contributed by atoms with Crippen molar-refractivity contribution in [3.05, 3.63) is 68.8 Å². The zero-order chi connectivity index (χ0) is 16.0. The predicted octanol–water partition coefficient (Wildman–Crippen LogP) is 4.63. The lowest BCUT2D eigenvalue weighted by molar-refractivity contribution is 0.987. The summed E-state index contributed by atoms with van der Waals surface area (Å²) in [5.74, 6) is 0.599. The Bertz CT molecular complexity index is 681. The minimum absolute atomic E-state index is 0.387. The van der Waals surface area contributed by atoms with E-state index >= 15 is 0 Å². The Kier molecular flexibility index (Phi) is 3.86. The van der Waals surface area contributed by atoms with E-state index in [9.17, 15) is 0 Å². The van der Waals surface area contributed by atoms with E-state index in [1.54, 1.807) is 0 Å². The van der Waals surface area contributed by atoms with E-state index in [0.717, 1.165) is 12.8 Å². The summed E-state index contributed by atoms with van der Waals surface area (Å²) in [5.41, 5.74) is 17.5. The molecular formula is C21H27N. The molecule has 1 aliphatic rings. The van der Waals surface area contributed by atoms with E-state index < -0.39 is 0 Å². The molecule has 0 aromatic heterocycles. The van der Waals surface area contributed by atoms with Gasteiger partial charge in [-0.2, -0.15) is 0 Å². The fourth-order valence-corrected chi connectivity index (χ4v) is 3.53. The van der Waals surface area contributed by atoms with Crippen LogP contribution in [0.5, 0.6) is 0 Å². The second kappa shape index (κ2) is 5.55. The van der Waals surface area contributed by atoms with E-state index in [0.29, 0.717) is 12.0 Å². The summed E-state index contributed by atoms with van der Waals surface area (Å²) in [6.45, 7) is 11.3. The van der Waals surface area contributed by atoms with Crippen molar-refractivity contribution in [1.29, 1.82) is 0 Å². The molecule has 0 radical (unpaired) electrons. The second-order valence-corrected chi connectivity index (χ2v) is 7.03. The van der Waals surface area contributed by atoms with Gasteiger partial charge in [-0.3, -0.25) is 0 Å². The minimum atomic E-state index is 0.387. The SMILES string of the molecule is Cc1c(C)c(C)c(Cc2ccc(C3CC3N)cc2)c(C)c1C. The number of rotatable bonds is 3. The molecule has 1 saturated carbocycles. The first-order valence-electron chi connectivity index (χ1n) is 8.30. The second-order valence-electron chi connectivity index (χ2n) is 7.03.